The lowest BCUT2D eigenvalue weighted by Gasteiger charge is -2.32. The summed E-state index contributed by atoms with van der Waals surface area (Å²) in [6, 6.07) is 32.5. The summed E-state index contributed by atoms with van der Waals surface area (Å²) in [5.74, 6) is 2.38. The molecule has 0 fully saturated rings. The van der Waals surface area contributed by atoms with E-state index in [1.807, 2.05) is 72.8 Å². The number of hydrogen-bond acceptors (Lipinski definition) is 4. The first-order valence-electron chi connectivity index (χ1n) is 10.2. The molecular weight excluding hydrogens is 384 g/mol. The second-order valence-electron chi connectivity index (χ2n) is 7.56. The van der Waals surface area contributed by atoms with Crippen LogP contribution in [0.3, 0.4) is 0 Å². The Labute approximate surface area is 177 Å². The second kappa shape index (κ2) is 6.06. The average molecular weight is 400 g/mol. The molecule has 0 N–H and O–H groups in total. The molecule has 7 rings (SSSR count). The number of imidazole rings is 1. The maximum atomic E-state index is 6.20. The highest BCUT2D eigenvalue weighted by Crippen LogP contribution is 2.50. The lowest BCUT2D eigenvalue weighted by atomic mass is 10.1. The van der Waals surface area contributed by atoms with Gasteiger partial charge in [0.2, 0.25) is 5.95 Å². The van der Waals surface area contributed by atoms with Gasteiger partial charge in [-0.3, -0.25) is 9.30 Å². The van der Waals surface area contributed by atoms with E-state index in [1.54, 1.807) is 0 Å². The summed E-state index contributed by atoms with van der Waals surface area (Å²) in [4.78, 5) is 12.3. The number of benzene rings is 4. The predicted octanol–water partition coefficient (Wildman–Crippen LogP) is 6.61. The topological polar surface area (TPSA) is 42.7 Å². The van der Waals surface area contributed by atoms with E-state index >= 15 is 0 Å². The van der Waals surface area contributed by atoms with Crippen molar-refractivity contribution in [2.75, 3.05) is 4.90 Å². The van der Waals surface area contributed by atoms with Crippen LogP contribution in [0.25, 0.3) is 27.6 Å². The minimum absolute atomic E-state index is 0.783. The summed E-state index contributed by atoms with van der Waals surface area (Å²) >= 11 is 0. The zero-order valence-corrected chi connectivity index (χ0v) is 16.4. The molecule has 0 radical (unpaired) electrons. The normalized spacial score (nSPS) is 12.7. The van der Waals surface area contributed by atoms with E-state index in [4.69, 9.17) is 14.7 Å². The van der Waals surface area contributed by atoms with Gasteiger partial charge in [0.25, 0.3) is 0 Å². The molecule has 0 atom stereocenters. The second-order valence-corrected chi connectivity index (χ2v) is 7.56. The number of fused-ring (bicyclic) bond motifs is 7. The van der Waals surface area contributed by atoms with Crippen molar-refractivity contribution in [1.29, 1.82) is 0 Å². The molecule has 1 aliphatic rings. The summed E-state index contributed by atoms with van der Waals surface area (Å²) < 4.78 is 8.35. The Kier molecular flexibility index (Phi) is 3.21. The SMILES string of the molecule is c1ccc2c(c1)Oc1ccccc1N2c1nc2ccccc2c2nc3ccccc3n12. The monoisotopic (exact) mass is 400 g/mol. The Bertz CT molecular complexity index is 1590. The van der Waals surface area contributed by atoms with Crippen LogP contribution in [0.4, 0.5) is 17.3 Å². The molecule has 6 aromatic rings. The van der Waals surface area contributed by atoms with Crippen molar-refractivity contribution in [2.24, 2.45) is 0 Å². The van der Waals surface area contributed by atoms with Gasteiger partial charge in [0.1, 0.15) is 5.65 Å². The molecule has 0 bridgehead atoms. The molecule has 0 amide bonds. The van der Waals surface area contributed by atoms with Gasteiger partial charge in [0.05, 0.1) is 27.9 Å². The summed E-state index contributed by atoms with van der Waals surface area (Å²) in [5.41, 5.74) is 5.65. The predicted molar refractivity (Wildman–Crippen MR) is 123 cm³/mol. The molecule has 3 heterocycles. The molecular formula is C26H16N4O. The molecule has 0 saturated heterocycles. The van der Waals surface area contributed by atoms with Crippen LogP contribution in [-0.4, -0.2) is 14.4 Å². The maximum Gasteiger partial charge on any atom is 0.221 e. The fourth-order valence-electron chi connectivity index (χ4n) is 4.40. The van der Waals surface area contributed by atoms with E-state index < -0.39 is 0 Å². The van der Waals surface area contributed by atoms with Gasteiger partial charge >= 0.3 is 0 Å². The van der Waals surface area contributed by atoms with Gasteiger partial charge in [0, 0.05) is 5.39 Å². The largest absolute Gasteiger partial charge is 0.453 e. The lowest BCUT2D eigenvalue weighted by molar-refractivity contribution is 0.476. The van der Waals surface area contributed by atoms with Crippen molar-refractivity contribution in [3.63, 3.8) is 0 Å². The van der Waals surface area contributed by atoms with Crippen LogP contribution in [-0.2, 0) is 0 Å². The lowest BCUT2D eigenvalue weighted by Crippen LogP contribution is -2.19. The Morgan fingerprint density at radius 2 is 1.19 bits per heavy atom. The molecule has 5 nitrogen and oxygen atoms in total. The van der Waals surface area contributed by atoms with E-state index in [0.29, 0.717) is 0 Å². The van der Waals surface area contributed by atoms with Crippen LogP contribution in [0.2, 0.25) is 0 Å². The number of ether oxygens (including phenoxy) is 1. The summed E-state index contributed by atoms with van der Waals surface area (Å²) in [6.07, 6.45) is 0. The standard InChI is InChI=1S/C26H16N4O/c1-2-10-18-17(9-1)25-27-19-11-3-4-12-20(19)30(25)26(28-18)29-21-13-5-7-15-23(21)31-24-16-8-6-14-22(24)29/h1-16H. The van der Waals surface area contributed by atoms with E-state index in [-0.39, 0.29) is 0 Å². The van der Waals surface area contributed by atoms with Crippen LogP contribution in [0.1, 0.15) is 0 Å². The minimum atomic E-state index is 0.783. The van der Waals surface area contributed by atoms with E-state index in [9.17, 15) is 0 Å². The van der Waals surface area contributed by atoms with Crippen molar-refractivity contribution in [3.05, 3.63) is 97.1 Å². The van der Waals surface area contributed by atoms with Crippen LogP contribution < -0.4 is 9.64 Å². The Hall–Kier alpha value is -4.38. The molecule has 1 aliphatic heterocycles. The van der Waals surface area contributed by atoms with Gasteiger partial charge in [-0.05, 0) is 48.5 Å². The molecule has 4 aromatic carbocycles. The molecule has 0 spiro atoms. The molecule has 0 saturated carbocycles. The number of hydrogen-bond donors (Lipinski definition) is 0. The van der Waals surface area contributed by atoms with E-state index in [0.717, 1.165) is 56.4 Å². The number of aromatic nitrogens is 3. The number of nitrogens with zero attached hydrogens (tertiary/aromatic N) is 4. The van der Waals surface area contributed by atoms with E-state index in [2.05, 4.69) is 33.6 Å². The van der Waals surface area contributed by atoms with Crippen molar-refractivity contribution < 1.29 is 4.74 Å². The van der Waals surface area contributed by atoms with Crippen molar-refractivity contribution >= 4 is 44.9 Å². The molecule has 0 unspecified atom stereocenters. The first kappa shape index (κ1) is 16.4. The Morgan fingerprint density at radius 1 is 0.581 bits per heavy atom. The Morgan fingerprint density at radius 3 is 1.97 bits per heavy atom. The number of rotatable bonds is 1. The minimum Gasteiger partial charge on any atom is -0.453 e. The van der Waals surface area contributed by atoms with Crippen LogP contribution in [0, 0.1) is 0 Å². The fraction of sp³-hybridized carbons (Fsp3) is 0. The van der Waals surface area contributed by atoms with Crippen LogP contribution in [0.5, 0.6) is 11.5 Å². The first-order valence-corrected chi connectivity index (χ1v) is 10.2. The highest BCUT2D eigenvalue weighted by atomic mass is 16.5. The van der Waals surface area contributed by atoms with Crippen molar-refractivity contribution in [1.82, 2.24) is 14.4 Å². The first-order chi connectivity index (χ1) is 15.4. The van der Waals surface area contributed by atoms with Crippen molar-refractivity contribution in [3.8, 4) is 11.5 Å². The third-order valence-electron chi connectivity index (χ3n) is 5.76. The van der Waals surface area contributed by atoms with Gasteiger partial charge in [-0.2, -0.15) is 0 Å². The summed E-state index contributed by atoms with van der Waals surface area (Å²) in [5, 5.41) is 1.03. The average Bonchev–Trinajstić information content (AvgIpc) is 3.22. The smallest absolute Gasteiger partial charge is 0.221 e. The van der Waals surface area contributed by atoms with Crippen molar-refractivity contribution in [2.45, 2.75) is 0 Å². The van der Waals surface area contributed by atoms with Gasteiger partial charge < -0.3 is 4.74 Å². The third-order valence-corrected chi connectivity index (χ3v) is 5.76. The summed E-state index contributed by atoms with van der Waals surface area (Å²) in [7, 11) is 0. The zero-order valence-electron chi connectivity index (χ0n) is 16.4. The molecule has 5 heteroatoms. The van der Waals surface area contributed by atoms with Crippen LogP contribution in [0.15, 0.2) is 97.1 Å². The maximum absolute atomic E-state index is 6.20. The molecule has 0 aliphatic carbocycles. The third kappa shape index (κ3) is 2.25. The molecule has 31 heavy (non-hydrogen) atoms. The molecule has 2 aromatic heterocycles. The highest BCUT2D eigenvalue weighted by Gasteiger charge is 2.29. The van der Waals surface area contributed by atoms with Gasteiger partial charge in [-0.25, -0.2) is 9.97 Å². The van der Waals surface area contributed by atoms with Gasteiger partial charge in [-0.15, -0.1) is 0 Å². The quantitative estimate of drug-likeness (QED) is 0.311. The summed E-state index contributed by atoms with van der Waals surface area (Å²) in [6.45, 7) is 0. The Balaban J connectivity index is 1.67. The van der Waals surface area contributed by atoms with E-state index in [1.165, 1.54) is 0 Å². The number of anilines is 3. The van der Waals surface area contributed by atoms with Gasteiger partial charge in [-0.1, -0.05) is 48.5 Å². The molecule has 146 valence electrons. The fourth-order valence-corrected chi connectivity index (χ4v) is 4.40. The highest BCUT2D eigenvalue weighted by molar-refractivity contribution is 5.99. The van der Waals surface area contributed by atoms with Gasteiger partial charge in [0.15, 0.2) is 11.5 Å². The zero-order chi connectivity index (χ0) is 20.4. The number of para-hydroxylation sites is 7. The van der Waals surface area contributed by atoms with Crippen LogP contribution >= 0.6 is 0 Å².